The van der Waals surface area contributed by atoms with Gasteiger partial charge in [-0.2, -0.15) is 11.3 Å². The largest absolute Gasteiger partial charge is 0.368 e. The zero-order valence-corrected chi connectivity index (χ0v) is 9.30. The van der Waals surface area contributed by atoms with E-state index >= 15 is 0 Å². The number of thiophene rings is 1. The summed E-state index contributed by atoms with van der Waals surface area (Å²) < 4.78 is 0. The van der Waals surface area contributed by atoms with Gasteiger partial charge in [0, 0.05) is 6.04 Å². The molecule has 0 spiro atoms. The van der Waals surface area contributed by atoms with Crippen molar-refractivity contribution in [1.29, 1.82) is 0 Å². The first-order valence-corrected chi connectivity index (χ1v) is 5.60. The van der Waals surface area contributed by atoms with Gasteiger partial charge in [0.1, 0.15) is 0 Å². The number of hydrogen-bond donors (Lipinski definition) is 2. The lowest BCUT2D eigenvalue weighted by Crippen LogP contribution is -2.44. The summed E-state index contributed by atoms with van der Waals surface area (Å²) in [6.07, 6.45) is 0.932. The van der Waals surface area contributed by atoms with Crippen LogP contribution in [0.15, 0.2) is 16.8 Å². The fourth-order valence-electron chi connectivity index (χ4n) is 1.33. The van der Waals surface area contributed by atoms with Gasteiger partial charge < -0.3 is 11.1 Å². The number of primary amides is 1. The maximum atomic E-state index is 10.8. The first-order chi connectivity index (χ1) is 6.59. The molecule has 0 aliphatic carbocycles. The first-order valence-electron chi connectivity index (χ1n) is 4.66. The van der Waals surface area contributed by atoms with Crippen LogP contribution in [0.25, 0.3) is 0 Å². The summed E-state index contributed by atoms with van der Waals surface area (Å²) in [6.45, 7) is 3.84. The van der Waals surface area contributed by atoms with E-state index in [-0.39, 0.29) is 18.0 Å². The minimum Gasteiger partial charge on any atom is -0.368 e. The van der Waals surface area contributed by atoms with E-state index in [1.165, 1.54) is 5.56 Å². The van der Waals surface area contributed by atoms with E-state index in [0.29, 0.717) is 0 Å². The Morgan fingerprint density at radius 2 is 2.36 bits per heavy atom. The molecule has 1 heterocycles. The van der Waals surface area contributed by atoms with Crippen LogP contribution in [0.5, 0.6) is 0 Å². The summed E-state index contributed by atoms with van der Waals surface area (Å²) in [7, 11) is 0. The number of carbonyl (C=O) groups excluding carboxylic acids is 1. The van der Waals surface area contributed by atoms with E-state index in [0.717, 1.165) is 6.42 Å². The van der Waals surface area contributed by atoms with E-state index < -0.39 is 0 Å². The zero-order valence-electron chi connectivity index (χ0n) is 8.49. The molecular weight excluding hydrogens is 196 g/mol. The second kappa shape index (κ2) is 5.12. The predicted molar refractivity (Wildman–Crippen MR) is 59.3 cm³/mol. The van der Waals surface area contributed by atoms with E-state index in [4.69, 9.17) is 5.73 Å². The first kappa shape index (κ1) is 11.2. The topological polar surface area (TPSA) is 55.1 Å². The van der Waals surface area contributed by atoms with Crippen LogP contribution in [0, 0.1) is 0 Å². The van der Waals surface area contributed by atoms with Crippen LogP contribution in [0.4, 0.5) is 0 Å². The van der Waals surface area contributed by atoms with Crippen molar-refractivity contribution in [3.8, 4) is 0 Å². The van der Waals surface area contributed by atoms with Crippen LogP contribution in [0.2, 0.25) is 0 Å². The number of amides is 1. The quantitative estimate of drug-likeness (QED) is 0.769. The molecule has 3 N–H and O–H groups in total. The van der Waals surface area contributed by atoms with Crippen molar-refractivity contribution in [2.24, 2.45) is 5.73 Å². The minimum absolute atomic E-state index is 0.261. The molecule has 4 heteroatoms. The van der Waals surface area contributed by atoms with Gasteiger partial charge in [0.05, 0.1) is 6.04 Å². The predicted octanol–water partition coefficient (Wildman–Crippen LogP) is 1.14. The lowest BCUT2D eigenvalue weighted by atomic mass is 10.1. The molecule has 1 rings (SSSR count). The summed E-state index contributed by atoms with van der Waals surface area (Å²) in [6, 6.07) is 2.10. The van der Waals surface area contributed by atoms with Crippen LogP contribution in [-0.4, -0.2) is 18.0 Å². The Morgan fingerprint density at radius 3 is 2.86 bits per heavy atom. The van der Waals surface area contributed by atoms with Crippen molar-refractivity contribution in [3.05, 3.63) is 22.4 Å². The molecule has 1 amide bonds. The number of carbonyl (C=O) groups is 1. The highest BCUT2D eigenvalue weighted by atomic mass is 32.1. The third kappa shape index (κ3) is 3.47. The van der Waals surface area contributed by atoms with Crippen molar-refractivity contribution < 1.29 is 4.79 Å². The van der Waals surface area contributed by atoms with Gasteiger partial charge in [-0.15, -0.1) is 0 Å². The van der Waals surface area contributed by atoms with E-state index in [1.54, 1.807) is 18.3 Å². The average Bonchev–Trinajstić information content (AvgIpc) is 2.56. The maximum absolute atomic E-state index is 10.8. The molecule has 1 unspecified atom stereocenters. The van der Waals surface area contributed by atoms with Crippen LogP contribution < -0.4 is 11.1 Å². The fraction of sp³-hybridized carbons (Fsp3) is 0.500. The fourth-order valence-corrected chi connectivity index (χ4v) is 2.01. The van der Waals surface area contributed by atoms with Gasteiger partial charge in [-0.05, 0) is 42.7 Å². The average molecular weight is 212 g/mol. The molecule has 3 nitrogen and oxygen atoms in total. The lowest BCUT2D eigenvalue weighted by Gasteiger charge is -2.16. The molecule has 0 aliphatic rings. The number of hydrogen-bond acceptors (Lipinski definition) is 3. The Labute approximate surface area is 88.3 Å². The Balaban J connectivity index is 2.36. The SMILES string of the molecule is CC(Cc1ccsc1)N[C@@H](C)C(N)=O. The normalized spacial score (nSPS) is 15.0. The Kier molecular flexibility index (Phi) is 4.10. The van der Waals surface area contributed by atoms with Gasteiger partial charge in [0.2, 0.25) is 5.91 Å². The van der Waals surface area contributed by atoms with Gasteiger partial charge in [0.15, 0.2) is 0 Å². The molecule has 0 saturated heterocycles. The summed E-state index contributed by atoms with van der Waals surface area (Å²) in [5.41, 5.74) is 6.46. The highest BCUT2D eigenvalue weighted by Gasteiger charge is 2.12. The highest BCUT2D eigenvalue weighted by Crippen LogP contribution is 2.08. The molecule has 78 valence electrons. The summed E-state index contributed by atoms with van der Waals surface area (Å²) in [5.74, 6) is -0.304. The smallest absolute Gasteiger partial charge is 0.234 e. The van der Waals surface area contributed by atoms with Crippen molar-refractivity contribution >= 4 is 17.2 Å². The van der Waals surface area contributed by atoms with Gasteiger partial charge >= 0.3 is 0 Å². The molecule has 2 atom stereocenters. The van der Waals surface area contributed by atoms with Crippen molar-refractivity contribution in [3.63, 3.8) is 0 Å². The summed E-state index contributed by atoms with van der Waals surface area (Å²) >= 11 is 1.69. The molecule has 1 aromatic rings. The highest BCUT2D eigenvalue weighted by molar-refractivity contribution is 7.07. The Hall–Kier alpha value is -0.870. The third-order valence-electron chi connectivity index (χ3n) is 2.08. The lowest BCUT2D eigenvalue weighted by molar-refractivity contribution is -0.119. The standard InChI is InChI=1S/C10H16N2OS/c1-7(12-8(2)10(11)13)5-9-3-4-14-6-9/h3-4,6-8,12H,5H2,1-2H3,(H2,11,13)/t7?,8-/m0/s1. The third-order valence-corrected chi connectivity index (χ3v) is 2.82. The second-order valence-electron chi connectivity index (χ2n) is 3.53. The minimum atomic E-state index is -0.304. The number of nitrogens with two attached hydrogens (primary N) is 1. The van der Waals surface area contributed by atoms with Gasteiger partial charge in [0.25, 0.3) is 0 Å². The Morgan fingerprint density at radius 1 is 1.64 bits per heavy atom. The van der Waals surface area contributed by atoms with Gasteiger partial charge in [-0.3, -0.25) is 4.79 Å². The number of nitrogens with one attached hydrogen (secondary N) is 1. The second-order valence-corrected chi connectivity index (χ2v) is 4.31. The van der Waals surface area contributed by atoms with E-state index in [2.05, 4.69) is 29.1 Å². The molecular formula is C10H16N2OS. The molecule has 14 heavy (non-hydrogen) atoms. The number of rotatable bonds is 5. The molecule has 0 aliphatic heterocycles. The molecule has 0 aromatic carbocycles. The zero-order chi connectivity index (χ0) is 10.6. The van der Waals surface area contributed by atoms with E-state index in [9.17, 15) is 4.79 Å². The van der Waals surface area contributed by atoms with Crippen LogP contribution in [0.3, 0.4) is 0 Å². The molecule has 0 saturated carbocycles. The van der Waals surface area contributed by atoms with Crippen LogP contribution in [-0.2, 0) is 11.2 Å². The van der Waals surface area contributed by atoms with Gasteiger partial charge in [-0.25, -0.2) is 0 Å². The maximum Gasteiger partial charge on any atom is 0.234 e. The van der Waals surface area contributed by atoms with Crippen molar-refractivity contribution in [1.82, 2.24) is 5.32 Å². The summed E-state index contributed by atoms with van der Waals surface area (Å²) in [4.78, 5) is 10.8. The monoisotopic (exact) mass is 212 g/mol. The molecule has 0 radical (unpaired) electrons. The van der Waals surface area contributed by atoms with Crippen LogP contribution in [0.1, 0.15) is 19.4 Å². The van der Waals surface area contributed by atoms with Gasteiger partial charge in [-0.1, -0.05) is 0 Å². The molecule has 1 aromatic heterocycles. The summed E-state index contributed by atoms with van der Waals surface area (Å²) in [5, 5.41) is 7.32. The Bertz CT molecular complexity index is 284. The molecule has 0 bridgehead atoms. The van der Waals surface area contributed by atoms with Crippen LogP contribution >= 0.6 is 11.3 Å². The van der Waals surface area contributed by atoms with Crippen molar-refractivity contribution in [2.45, 2.75) is 32.4 Å². The van der Waals surface area contributed by atoms with Crippen molar-refractivity contribution in [2.75, 3.05) is 0 Å². The molecule has 0 fully saturated rings. The van der Waals surface area contributed by atoms with E-state index in [1.807, 2.05) is 0 Å².